The van der Waals surface area contributed by atoms with Crippen LogP contribution in [0.3, 0.4) is 0 Å². The van der Waals surface area contributed by atoms with Crippen LogP contribution >= 0.6 is 0 Å². The molecule has 0 aliphatic rings. The van der Waals surface area contributed by atoms with Crippen molar-refractivity contribution >= 4 is 11.8 Å². The molecule has 0 saturated heterocycles. The Kier molecular flexibility index (Phi) is 2.18. The highest BCUT2D eigenvalue weighted by atomic mass is 16.2. The molecule has 4 heteroatoms. The third-order valence-electron chi connectivity index (χ3n) is 1.34. The molecule has 0 radical (unpaired) electrons. The average Bonchev–Trinajstić information content (AvgIpc) is 2.18. The zero-order chi connectivity index (χ0) is 11.5. The van der Waals surface area contributed by atoms with Gasteiger partial charge in [-0.15, -0.1) is 0 Å². The second-order valence-electron chi connectivity index (χ2n) is 2.31. The lowest BCUT2D eigenvalue weighted by Gasteiger charge is -2.01. The second-order valence-corrected chi connectivity index (χ2v) is 2.31. The van der Waals surface area contributed by atoms with Crippen LogP contribution < -0.4 is 11.1 Å². The van der Waals surface area contributed by atoms with Crippen molar-refractivity contribution in [3.8, 4) is 0 Å². The first kappa shape index (κ1) is 6.65. The van der Waals surface area contributed by atoms with Crippen molar-refractivity contribution in [3.05, 3.63) is 35.9 Å². The summed E-state index contributed by atoms with van der Waals surface area (Å²) in [5.41, 5.74) is 5.03. The molecule has 0 atom stereocenters. The van der Waals surface area contributed by atoms with E-state index in [1.165, 1.54) is 12.1 Å². The molecule has 1 rings (SSSR count). The molecule has 0 bridgehead atoms. The predicted molar refractivity (Wildman–Crippen MR) is 48.0 cm³/mol. The fourth-order valence-electron chi connectivity index (χ4n) is 0.780. The molecule has 0 aliphatic heterocycles. The van der Waals surface area contributed by atoms with E-state index in [1.54, 1.807) is 18.2 Å². The second kappa shape index (κ2) is 4.25. The molecule has 1 aromatic carbocycles. The van der Waals surface area contributed by atoms with Crippen LogP contribution in [-0.2, 0) is 4.79 Å². The molecule has 68 valence electrons. The van der Waals surface area contributed by atoms with Gasteiger partial charge in [0.05, 0.1) is 9.24 Å². The Morgan fingerprint density at radius 2 is 2.00 bits per heavy atom. The van der Waals surface area contributed by atoms with Crippen LogP contribution in [0.5, 0.6) is 0 Å². The Balaban J connectivity index is 2.77. The standard InChI is InChI=1S/C9H10N2O2/c10-8(12)6-11-9(13)7-4-2-1-3-5-7/h1-5H,6H2,(H2,10,12)(H,11,13)/i6D2. The monoisotopic (exact) mass is 180 g/mol. The third-order valence-corrected chi connectivity index (χ3v) is 1.34. The van der Waals surface area contributed by atoms with E-state index in [0.29, 0.717) is 0 Å². The fourth-order valence-corrected chi connectivity index (χ4v) is 0.780. The van der Waals surface area contributed by atoms with Gasteiger partial charge in [-0.1, -0.05) is 18.2 Å². The summed E-state index contributed by atoms with van der Waals surface area (Å²) in [7, 11) is 0. The van der Waals surface area contributed by atoms with Gasteiger partial charge in [0, 0.05) is 5.56 Å². The van der Waals surface area contributed by atoms with Gasteiger partial charge in [0.25, 0.3) is 5.91 Å². The number of hydrogen-bond donors (Lipinski definition) is 2. The van der Waals surface area contributed by atoms with Crippen molar-refractivity contribution in [1.82, 2.24) is 5.32 Å². The first-order valence-electron chi connectivity index (χ1n) is 4.61. The number of nitrogens with one attached hydrogen (secondary N) is 1. The number of carbonyl (C=O) groups excluding carboxylic acids is 2. The van der Waals surface area contributed by atoms with E-state index in [2.05, 4.69) is 0 Å². The number of hydrogen-bond acceptors (Lipinski definition) is 2. The fraction of sp³-hybridized carbons (Fsp3) is 0.111. The number of nitrogens with two attached hydrogens (primary N) is 1. The van der Waals surface area contributed by atoms with Gasteiger partial charge in [0.15, 0.2) is 0 Å². The SMILES string of the molecule is [2H]C([2H])(NC(=O)c1ccccc1)C(N)=O. The average molecular weight is 180 g/mol. The number of benzene rings is 1. The third kappa shape index (κ3) is 2.94. The Hall–Kier alpha value is -1.84. The maximum Gasteiger partial charge on any atom is 0.251 e. The van der Waals surface area contributed by atoms with Crippen LogP contribution in [0.15, 0.2) is 30.3 Å². The van der Waals surface area contributed by atoms with E-state index >= 15 is 0 Å². The molecule has 0 spiro atoms. The van der Waals surface area contributed by atoms with Gasteiger partial charge >= 0.3 is 0 Å². The molecule has 1 aromatic rings. The van der Waals surface area contributed by atoms with E-state index < -0.39 is 18.3 Å². The van der Waals surface area contributed by atoms with E-state index in [-0.39, 0.29) is 5.56 Å². The van der Waals surface area contributed by atoms with E-state index in [0.717, 1.165) is 0 Å². The van der Waals surface area contributed by atoms with Crippen LogP contribution in [0.4, 0.5) is 0 Å². The minimum atomic E-state index is -2.53. The van der Waals surface area contributed by atoms with Crippen LogP contribution in [0, 0.1) is 0 Å². The Labute approximate surface area is 78.5 Å². The lowest BCUT2D eigenvalue weighted by molar-refractivity contribution is -0.117. The summed E-state index contributed by atoms with van der Waals surface area (Å²) in [4.78, 5) is 22.0. The van der Waals surface area contributed by atoms with E-state index in [4.69, 9.17) is 8.48 Å². The van der Waals surface area contributed by atoms with E-state index in [1.807, 2.05) is 5.32 Å². The summed E-state index contributed by atoms with van der Waals surface area (Å²) >= 11 is 0. The molecular weight excluding hydrogens is 168 g/mol. The van der Waals surface area contributed by atoms with Crippen molar-refractivity contribution in [3.63, 3.8) is 0 Å². The van der Waals surface area contributed by atoms with Crippen molar-refractivity contribution in [1.29, 1.82) is 0 Å². The smallest absolute Gasteiger partial charge is 0.251 e. The Morgan fingerprint density at radius 1 is 1.38 bits per heavy atom. The normalized spacial score (nSPS) is 12.6. The van der Waals surface area contributed by atoms with Gasteiger partial charge in [-0.2, -0.15) is 0 Å². The summed E-state index contributed by atoms with van der Waals surface area (Å²) in [5.74, 6) is -1.91. The first-order chi connectivity index (χ1) is 6.93. The van der Waals surface area contributed by atoms with Crippen LogP contribution in [0.2, 0.25) is 0 Å². The molecule has 4 nitrogen and oxygen atoms in total. The number of amides is 2. The highest BCUT2D eigenvalue weighted by Crippen LogP contribution is 1.96. The van der Waals surface area contributed by atoms with Crippen molar-refractivity contribution in [2.24, 2.45) is 5.73 Å². The highest BCUT2D eigenvalue weighted by molar-refractivity contribution is 5.96. The van der Waals surface area contributed by atoms with Crippen LogP contribution in [0.25, 0.3) is 0 Å². The minimum absolute atomic E-state index is 0.266. The summed E-state index contributed by atoms with van der Waals surface area (Å²) in [6, 6.07) is 8.00. The quantitative estimate of drug-likeness (QED) is 0.681. The van der Waals surface area contributed by atoms with Gasteiger partial charge in [0.2, 0.25) is 5.91 Å². The summed E-state index contributed by atoms with van der Waals surface area (Å²) in [5, 5.41) is 1.89. The zero-order valence-electron chi connectivity index (χ0n) is 8.78. The van der Waals surface area contributed by atoms with Crippen molar-refractivity contribution in [2.75, 3.05) is 6.50 Å². The van der Waals surface area contributed by atoms with E-state index in [9.17, 15) is 9.59 Å². The largest absolute Gasteiger partial charge is 0.368 e. The molecule has 0 aromatic heterocycles. The van der Waals surface area contributed by atoms with Crippen molar-refractivity contribution < 1.29 is 12.3 Å². The zero-order valence-corrected chi connectivity index (χ0v) is 6.78. The molecule has 0 fully saturated rings. The summed E-state index contributed by atoms with van der Waals surface area (Å²) < 4.78 is 14.2. The lowest BCUT2D eigenvalue weighted by atomic mass is 10.2. The Bertz CT molecular complexity index is 379. The molecule has 0 aliphatic carbocycles. The highest BCUT2D eigenvalue weighted by Gasteiger charge is 2.03. The maximum atomic E-state index is 11.4. The molecule has 2 amide bonds. The molecule has 0 unspecified atom stereocenters. The number of rotatable bonds is 3. The summed E-state index contributed by atoms with van der Waals surface area (Å²) in [6.45, 7) is -2.53. The molecule has 0 heterocycles. The van der Waals surface area contributed by atoms with Crippen molar-refractivity contribution in [2.45, 2.75) is 0 Å². The molecular formula is C9H10N2O2. The van der Waals surface area contributed by atoms with Gasteiger partial charge < -0.3 is 11.1 Å². The van der Waals surface area contributed by atoms with Gasteiger partial charge in [0.1, 0.15) is 0 Å². The predicted octanol–water partition coefficient (Wildman–Crippen LogP) is -0.0983. The topological polar surface area (TPSA) is 72.2 Å². The maximum absolute atomic E-state index is 11.4. The van der Waals surface area contributed by atoms with Gasteiger partial charge in [-0.05, 0) is 12.1 Å². The first-order valence-corrected chi connectivity index (χ1v) is 3.61. The van der Waals surface area contributed by atoms with Crippen LogP contribution in [-0.4, -0.2) is 18.3 Å². The van der Waals surface area contributed by atoms with Gasteiger partial charge in [-0.25, -0.2) is 0 Å². The molecule has 3 N–H and O–H groups in total. The summed E-state index contributed by atoms with van der Waals surface area (Å²) in [6.07, 6.45) is 0. The lowest BCUT2D eigenvalue weighted by Crippen LogP contribution is -2.33. The molecule has 13 heavy (non-hydrogen) atoms. The Morgan fingerprint density at radius 3 is 2.54 bits per heavy atom. The minimum Gasteiger partial charge on any atom is -0.368 e. The molecule has 0 saturated carbocycles. The number of primary amides is 1. The number of carbonyl (C=O) groups is 2. The van der Waals surface area contributed by atoms with Crippen LogP contribution in [0.1, 0.15) is 13.1 Å². The van der Waals surface area contributed by atoms with Gasteiger partial charge in [-0.3, -0.25) is 9.59 Å².